The maximum Gasteiger partial charge on any atom is 0.348 e. The molecule has 27 heavy (non-hydrogen) atoms. The minimum atomic E-state index is -0.422. The van der Waals surface area contributed by atoms with Gasteiger partial charge in [-0.1, -0.05) is 24.6 Å². The number of nitrogens with zero attached hydrogens (tertiary/aromatic N) is 2. The van der Waals surface area contributed by atoms with Crippen LogP contribution in [0.5, 0.6) is 0 Å². The molecule has 0 atom stereocenters. The van der Waals surface area contributed by atoms with Gasteiger partial charge in [0.05, 0.1) is 0 Å². The van der Waals surface area contributed by atoms with Crippen molar-refractivity contribution in [2.45, 2.75) is 20.3 Å². The van der Waals surface area contributed by atoms with Crippen molar-refractivity contribution in [2.75, 3.05) is 37.7 Å². The summed E-state index contributed by atoms with van der Waals surface area (Å²) in [6, 6.07) is 9.56. The van der Waals surface area contributed by atoms with E-state index in [1.165, 1.54) is 11.3 Å². The van der Waals surface area contributed by atoms with Crippen molar-refractivity contribution >= 4 is 40.5 Å². The van der Waals surface area contributed by atoms with Crippen molar-refractivity contribution in [1.29, 1.82) is 0 Å². The number of ether oxygens (including phenoxy) is 1. The Morgan fingerprint density at radius 3 is 2.56 bits per heavy atom. The van der Waals surface area contributed by atoms with Gasteiger partial charge in [0, 0.05) is 41.8 Å². The predicted molar refractivity (Wildman–Crippen MR) is 109 cm³/mol. The molecule has 1 aromatic carbocycles. The molecule has 0 N–H and O–H groups in total. The fraction of sp³-hybridized carbons (Fsp3) is 0.400. The highest BCUT2D eigenvalue weighted by Gasteiger charge is 2.23. The van der Waals surface area contributed by atoms with Crippen LogP contribution >= 0.6 is 22.9 Å². The molecule has 0 radical (unpaired) electrons. The standard InChI is InChI=1S/C20H23ClN2O3S/c1-3-15-11-18(27-14(15)2)20(25)26-13-19(24)23-9-7-22(8-10-23)17-6-4-5-16(21)12-17/h4-6,11-12H,3,7-10,13H2,1-2H3. The van der Waals surface area contributed by atoms with Crippen LogP contribution in [-0.2, 0) is 16.0 Å². The molecule has 0 unspecified atom stereocenters. The van der Waals surface area contributed by atoms with Crippen LogP contribution in [0, 0.1) is 6.92 Å². The Balaban J connectivity index is 1.48. The third-order valence-corrected chi connectivity index (χ3v) is 6.04. The molecular weight excluding hydrogens is 384 g/mol. The van der Waals surface area contributed by atoms with Crippen molar-refractivity contribution < 1.29 is 14.3 Å². The third kappa shape index (κ3) is 4.82. The molecular formula is C20H23ClN2O3S. The van der Waals surface area contributed by atoms with Gasteiger partial charge in [-0.15, -0.1) is 11.3 Å². The lowest BCUT2D eigenvalue weighted by molar-refractivity contribution is -0.134. The van der Waals surface area contributed by atoms with E-state index in [0.717, 1.165) is 35.6 Å². The Bertz CT molecular complexity index is 828. The second-order valence-corrected chi connectivity index (χ2v) is 8.16. The lowest BCUT2D eigenvalue weighted by Gasteiger charge is -2.36. The van der Waals surface area contributed by atoms with Gasteiger partial charge in [0.1, 0.15) is 4.88 Å². The number of aryl methyl sites for hydroxylation is 2. The van der Waals surface area contributed by atoms with E-state index in [0.29, 0.717) is 23.0 Å². The summed E-state index contributed by atoms with van der Waals surface area (Å²) < 4.78 is 5.23. The first kappa shape index (κ1) is 19.7. The Hall–Kier alpha value is -2.05. The zero-order chi connectivity index (χ0) is 19.4. The maximum atomic E-state index is 12.4. The highest BCUT2D eigenvalue weighted by atomic mass is 35.5. The van der Waals surface area contributed by atoms with Crippen LogP contribution in [0.15, 0.2) is 30.3 Å². The second kappa shape index (κ2) is 8.76. The zero-order valence-corrected chi connectivity index (χ0v) is 17.1. The van der Waals surface area contributed by atoms with E-state index in [-0.39, 0.29) is 12.5 Å². The summed E-state index contributed by atoms with van der Waals surface area (Å²) in [6.07, 6.45) is 0.880. The van der Waals surface area contributed by atoms with Gasteiger partial charge in [-0.25, -0.2) is 4.79 Å². The molecule has 144 valence electrons. The minimum absolute atomic E-state index is 0.155. The first-order valence-corrected chi connectivity index (χ1v) is 10.2. The molecule has 2 heterocycles. The van der Waals surface area contributed by atoms with E-state index in [4.69, 9.17) is 16.3 Å². The van der Waals surface area contributed by atoms with Crippen LogP contribution < -0.4 is 4.90 Å². The molecule has 1 fully saturated rings. The van der Waals surface area contributed by atoms with Crippen LogP contribution in [0.1, 0.15) is 27.0 Å². The number of benzene rings is 1. The van der Waals surface area contributed by atoms with E-state index in [1.54, 1.807) is 4.90 Å². The van der Waals surface area contributed by atoms with Crippen LogP contribution in [0.3, 0.4) is 0 Å². The molecule has 0 aliphatic carbocycles. The van der Waals surface area contributed by atoms with E-state index in [9.17, 15) is 9.59 Å². The SMILES string of the molecule is CCc1cc(C(=O)OCC(=O)N2CCN(c3cccc(Cl)c3)CC2)sc1C. The summed E-state index contributed by atoms with van der Waals surface area (Å²) in [5.74, 6) is -0.577. The smallest absolute Gasteiger partial charge is 0.348 e. The Morgan fingerprint density at radius 1 is 1.19 bits per heavy atom. The summed E-state index contributed by atoms with van der Waals surface area (Å²) >= 11 is 7.46. The number of hydrogen-bond donors (Lipinski definition) is 0. The number of halogens is 1. The van der Waals surface area contributed by atoms with Crippen molar-refractivity contribution in [3.05, 3.63) is 50.7 Å². The number of anilines is 1. The van der Waals surface area contributed by atoms with Crippen LogP contribution in [0.4, 0.5) is 5.69 Å². The fourth-order valence-corrected chi connectivity index (χ4v) is 4.34. The van der Waals surface area contributed by atoms with E-state index in [2.05, 4.69) is 11.8 Å². The number of carbonyl (C=O) groups is 2. The Kier molecular flexibility index (Phi) is 6.39. The molecule has 1 amide bonds. The van der Waals surface area contributed by atoms with Gasteiger partial charge < -0.3 is 14.5 Å². The van der Waals surface area contributed by atoms with Gasteiger partial charge in [-0.2, -0.15) is 0 Å². The monoisotopic (exact) mass is 406 g/mol. The summed E-state index contributed by atoms with van der Waals surface area (Å²) in [7, 11) is 0. The molecule has 1 aliphatic rings. The van der Waals surface area contributed by atoms with Crippen molar-refractivity contribution in [1.82, 2.24) is 4.90 Å². The lowest BCUT2D eigenvalue weighted by atomic mass is 10.2. The molecule has 1 saturated heterocycles. The zero-order valence-electron chi connectivity index (χ0n) is 15.5. The first-order valence-electron chi connectivity index (χ1n) is 9.02. The molecule has 1 aliphatic heterocycles. The van der Waals surface area contributed by atoms with Gasteiger partial charge in [-0.05, 0) is 43.2 Å². The molecule has 0 bridgehead atoms. The second-order valence-electron chi connectivity index (χ2n) is 6.47. The molecule has 3 rings (SSSR count). The highest BCUT2D eigenvalue weighted by Crippen LogP contribution is 2.23. The van der Waals surface area contributed by atoms with Crippen molar-refractivity contribution in [3.8, 4) is 0 Å². The van der Waals surface area contributed by atoms with E-state index in [1.807, 2.05) is 37.3 Å². The number of piperazine rings is 1. The van der Waals surface area contributed by atoms with E-state index < -0.39 is 5.97 Å². The van der Waals surface area contributed by atoms with Crippen LogP contribution in [0.25, 0.3) is 0 Å². The number of amides is 1. The number of thiophene rings is 1. The maximum absolute atomic E-state index is 12.4. The summed E-state index contributed by atoms with van der Waals surface area (Å²) in [4.78, 5) is 30.2. The van der Waals surface area contributed by atoms with Gasteiger partial charge in [0.15, 0.2) is 6.61 Å². The molecule has 0 saturated carbocycles. The highest BCUT2D eigenvalue weighted by molar-refractivity contribution is 7.14. The molecule has 5 nitrogen and oxygen atoms in total. The van der Waals surface area contributed by atoms with E-state index >= 15 is 0 Å². The van der Waals surface area contributed by atoms with Crippen molar-refractivity contribution in [2.24, 2.45) is 0 Å². The number of esters is 1. The van der Waals surface area contributed by atoms with Crippen LogP contribution in [-0.4, -0.2) is 49.6 Å². The third-order valence-electron chi connectivity index (χ3n) is 4.74. The number of carbonyl (C=O) groups excluding carboxylic acids is 2. The lowest BCUT2D eigenvalue weighted by Crippen LogP contribution is -2.49. The Labute approximate surface area is 168 Å². The fourth-order valence-electron chi connectivity index (χ4n) is 3.15. The molecule has 1 aromatic heterocycles. The molecule has 0 spiro atoms. The van der Waals surface area contributed by atoms with Gasteiger partial charge in [0.25, 0.3) is 5.91 Å². The summed E-state index contributed by atoms with van der Waals surface area (Å²) in [6.45, 7) is 6.48. The minimum Gasteiger partial charge on any atom is -0.451 e. The average Bonchev–Trinajstić information content (AvgIpc) is 3.07. The number of hydrogen-bond acceptors (Lipinski definition) is 5. The average molecular weight is 407 g/mol. The molecule has 7 heteroatoms. The largest absolute Gasteiger partial charge is 0.451 e. The van der Waals surface area contributed by atoms with Gasteiger partial charge >= 0.3 is 5.97 Å². The number of rotatable bonds is 5. The van der Waals surface area contributed by atoms with Crippen LogP contribution in [0.2, 0.25) is 5.02 Å². The first-order chi connectivity index (χ1) is 13.0. The quantitative estimate of drug-likeness (QED) is 0.709. The summed E-state index contributed by atoms with van der Waals surface area (Å²) in [5.41, 5.74) is 2.20. The molecule has 2 aromatic rings. The van der Waals surface area contributed by atoms with Gasteiger partial charge in [-0.3, -0.25) is 4.79 Å². The topological polar surface area (TPSA) is 49.9 Å². The summed E-state index contributed by atoms with van der Waals surface area (Å²) in [5, 5.41) is 0.702. The van der Waals surface area contributed by atoms with Gasteiger partial charge in [0.2, 0.25) is 0 Å². The predicted octanol–water partition coefficient (Wildman–Crippen LogP) is 3.78. The Morgan fingerprint density at radius 2 is 1.93 bits per heavy atom. The van der Waals surface area contributed by atoms with Crippen molar-refractivity contribution in [3.63, 3.8) is 0 Å². The normalized spacial score (nSPS) is 14.3.